The molecule has 6 heteroatoms. The van der Waals surface area contributed by atoms with Gasteiger partial charge in [-0.1, -0.05) is 6.42 Å². The van der Waals surface area contributed by atoms with Crippen LogP contribution in [-0.2, 0) is 16.6 Å². The van der Waals surface area contributed by atoms with E-state index in [4.69, 9.17) is 0 Å². The van der Waals surface area contributed by atoms with Crippen LogP contribution in [0.5, 0.6) is 0 Å². The molecule has 0 spiro atoms. The number of aryl methyl sites for hydroxylation is 1. The van der Waals surface area contributed by atoms with Crippen LogP contribution in [0, 0.1) is 24.7 Å². The van der Waals surface area contributed by atoms with E-state index in [9.17, 15) is 8.42 Å². The van der Waals surface area contributed by atoms with E-state index in [1.165, 1.54) is 31.9 Å². The zero-order chi connectivity index (χ0) is 15.2. The molecule has 0 aliphatic heterocycles. The standard InChI is InChI=1S/C15H25N3O2S/c1-4-18-11(3)15(9-16-18)21(19,20)17-10(2)14-8-12-5-6-13(14)7-12/h9-10,12-14,17H,4-8H2,1-3H3/t10-,12+,13+,14+/m0/s1. The summed E-state index contributed by atoms with van der Waals surface area (Å²) >= 11 is 0. The second kappa shape index (κ2) is 5.39. The molecular formula is C15H25N3O2S. The van der Waals surface area contributed by atoms with Crippen LogP contribution in [0.3, 0.4) is 0 Å². The Balaban J connectivity index is 1.75. The third-order valence-corrected chi connectivity index (χ3v) is 7.09. The fourth-order valence-electron chi connectivity index (χ4n) is 4.31. The van der Waals surface area contributed by atoms with Gasteiger partial charge in [0.1, 0.15) is 4.90 Å². The van der Waals surface area contributed by atoms with Crippen LogP contribution in [0.15, 0.2) is 11.1 Å². The molecule has 5 nitrogen and oxygen atoms in total. The molecule has 3 rings (SSSR count). The zero-order valence-corrected chi connectivity index (χ0v) is 13.9. The summed E-state index contributed by atoms with van der Waals surface area (Å²) in [6.45, 7) is 6.47. The van der Waals surface area contributed by atoms with Crippen LogP contribution in [-0.4, -0.2) is 24.2 Å². The highest BCUT2D eigenvalue weighted by Gasteiger charge is 2.42. The molecule has 1 aromatic rings. The number of sulfonamides is 1. The van der Waals surface area contributed by atoms with Crippen LogP contribution >= 0.6 is 0 Å². The highest BCUT2D eigenvalue weighted by atomic mass is 32.2. The highest BCUT2D eigenvalue weighted by molar-refractivity contribution is 7.89. The average molecular weight is 311 g/mol. The van der Waals surface area contributed by atoms with Gasteiger partial charge in [-0.05, 0) is 57.8 Å². The number of hydrogen-bond acceptors (Lipinski definition) is 3. The summed E-state index contributed by atoms with van der Waals surface area (Å²) in [4.78, 5) is 0.319. The van der Waals surface area contributed by atoms with Gasteiger partial charge in [0, 0.05) is 12.6 Å². The third-order valence-electron chi connectivity index (χ3n) is 5.42. The third kappa shape index (κ3) is 2.63. The lowest BCUT2D eigenvalue weighted by atomic mass is 9.84. The van der Waals surface area contributed by atoms with Gasteiger partial charge in [0.25, 0.3) is 0 Å². The molecule has 2 saturated carbocycles. The highest BCUT2D eigenvalue weighted by Crippen LogP contribution is 2.49. The Bertz CT molecular complexity index is 623. The monoisotopic (exact) mass is 311 g/mol. The number of nitrogens with zero attached hydrogens (tertiary/aromatic N) is 2. The number of rotatable bonds is 5. The van der Waals surface area contributed by atoms with Crippen molar-refractivity contribution in [2.24, 2.45) is 17.8 Å². The Hall–Kier alpha value is -0.880. The fraction of sp³-hybridized carbons (Fsp3) is 0.800. The molecule has 2 bridgehead atoms. The van der Waals surface area contributed by atoms with E-state index in [0.29, 0.717) is 29.0 Å². The largest absolute Gasteiger partial charge is 0.269 e. The number of fused-ring (bicyclic) bond motifs is 2. The Morgan fingerprint density at radius 3 is 2.71 bits per heavy atom. The summed E-state index contributed by atoms with van der Waals surface area (Å²) in [5.74, 6) is 2.05. The first kappa shape index (κ1) is 15.0. The minimum Gasteiger partial charge on any atom is -0.269 e. The number of nitrogens with one attached hydrogen (secondary N) is 1. The lowest BCUT2D eigenvalue weighted by Crippen LogP contribution is -2.40. The van der Waals surface area contributed by atoms with Crippen molar-refractivity contribution in [3.8, 4) is 0 Å². The minimum absolute atomic E-state index is 0.00896. The molecule has 1 N–H and O–H groups in total. The summed E-state index contributed by atoms with van der Waals surface area (Å²) < 4.78 is 29.8. The molecule has 0 saturated heterocycles. The van der Waals surface area contributed by atoms with E-state index in [1.54, 1.807) is 4.68 Å². The summed E-state index contributed by atoms with van der Waals surface area (Å²) in [7, 11) is -3.47. The van der Waals surface area contributed by atoms with E-state index < -0.39 is 10.0 Å². The Kier molecular flexibility index (Phi) is 3.86. The molecule has 0 aromatic carbocycles. The quantitative estimate of drug-likeness (QED) is 0.907. The van der Waals surface area contributed by atoms with E-state index >= 15 is 0 Å². The maximum atomic E-state index is 12.6. The maximum absolute atomic E-state index is 12.6. The van der Waals surface area contributed by atoms with Gasteiger partial charge in [-0.2, -0.15) is 5.10 Å². The summed E-state index contributed by atoms with van der Waals surface area (Å²) in [6, 6.07) is 0.00896. The van der Waals surface area contributed by atoms with Crippen molar-refractivity contribution in [3.05, 3.63) is 11.9 Å². The molecule has 4 atom stereocenters. The second-order valence-corrected chi connectivity index (χ2v) is 8.34. The lowest BCUT2D eigenvalue weighted by Gasteiger charge is -2.28. The van der Waals surface area contributed by atoms with Gasteiger partial charge in [0.05, 0.1) is 11.9 Å². The first-order valence-electron chi connectivity index (χ1n) is 7.97. The molecule has 1 heterocycles. The maximum Gasteiger partial charge on any atom is 0.244 e. The molecule has 2 aliphatic carbocycles. The summed E-state index contributed by atoms with van der Waals surface area (Å²) in [6.07, 6.45) is 6.55. The molecular weight excluding hydrogens is 286 g/mol. The van der Waals surface area contributed by atoms with Crippen molar-refractivity contribution in [2.75, 3.05) is 0 Å². The second-order valence-electron chi connectivity index (χ2n) is 6.66. The van der Waals surface area contributed by atoms with Crippen molar-refractivity contribution in [2.45, 2.75) is 63.9 Å². The number of aromatic nitrogens is 2. The molecule has 0 radical (unpaired) electrons. The fourth-order valence-corrected chi connectivity index (χ4v) is 5.79. The molecule has 0 unspecified atom stereocenters. The molecule has 1 aromatic heterocycles. The first-order chi connectivity index (χ1) is 9.92. The smallest absolute Gasteiger partial charge is 0.244 e. The normalized spacial score (nSPS) is 30.0. The van der Waals surface area contributed by atoms with Crippen LogP contribution in [0.25, 0.3) is 0 Å². The van der Waals surface area contributed by atoms with Crippen LogP contribution < -0.4 is 4.72 Å². The summed E-state index contributed by atoms with van der Waals surface area (Å²) in [5, 5.41) is 4.14. The molecule has 2 fully saturated rings. The average Bonchev–Trinajstić information content (AvgIpc) is 3.12. The van der Waals surface area contributed by atoms with Gasteiger partial charge in [-0.3, -0.25) is 4.68 Å². The van der Waals surface area contributed by atoms with Crippen LogP contribution in [0.1, 0.15) is 45.2 Å². The van der Waals surface area contributed by atoms with E-state index in [0.717, 1.165) is 5.92 Å². The molecule has 21 heavy (non-hydrogen) atoms. The zero-order valence-electron chi connectivity index (χ0n) is 13.0. The molecule has 0 amide bonds. The van der Waals surface area contributed by atoms with Gasteiger partial charge in [-0.25, -0.2) is 13.1 Å². The lowest BCUT2D eigenvalue weighted by molar-refractivity contribution is 0.280. The number of hydrogen-bond donors (Lipinski definition) is 1. The minimum atomic E-state index is -3.47. The van der Waals surface area contributed by atoms with Crippen LogP contribution in [0.2, 0.25) is 0 Å². The van der Waals surface area contributed by atoms with Crippen molar-refractivity contribution in [1.82, 2.24) is 14.5 Å². The van der Waals surface area contributed by atoms with E-state index in [2.05, 4.69) is 9.82 Å². The van der Waals surface area contributed by atoms with Crippen molar-refractivity contribution in [3.63, 3.8) is 0 Å². The molecule has 2 aliphatic rings. The van der Waals surface area contributed by atoms with Crippen molar-refractivity contribution in [1.29, 1.82) is 0 Å². The van der Waals surface area contributed by atoms with Gasteiger partial charge >= 0.3 is 0 Å². The van der Waals surface area contributed by atoms with E-state index in [1.807, 2.05) is 20.8 Å². The Morgan fingerprint density at radius 1 is 1.43 bits per heavy atom. The topological polar surface area (TPSA) is 64.0 Å². The van der Waals surface area contributed by atoms with Gasteiger partial charge < -0.3 is 0 Å². The van der Waals surface area contributed by atoms with Crippen molar-refractivity contribution < 1.29 is 8.42 Å². The molecule has 118 valence electrons. The van der Waals surface area contributed by atoms with Gasteiger partial charge in [0.2, 0.25) is 10.0 Å². The van der Waals surface area contributed by atoms with Crippen LogP contribution in [0.4, 0.5) is 0 Å². The first-order valence-corrected chi connectivity index (χ1v) is 9.45. The van der Waals surface area contributed by atoms with Gasteiger partial charge in [-0.15, -0.1) is 0 Å². The predicted octanol–water partition coefficient (Wildman–Crippen LogP) is 2.31. The Morgan fingerprint density at radius 2 is 2.19 bits per heavy atom. The van der Waals surface area contributed by atoms with Crippen molar-refractivity contribution >= 4 is 10.0 Å². The Labute approximate surface area is 127 Å². The SMILES string of the molecule is CCn1ncc(S(=O)(=O)N[C@@H](C)[C@H]2C[C@@H]3CC[C@@H]2C3)c1C. The van der Waals surface area contributed by atoms with E-state index in [-0.39, 0.29) is 6.04 Å². The summed E-state index contributed by atoms with van der Waals surface area (Å²) in [5.41, 5.74) is 0.713. The predicted molar refractivity (Wildman–Crippen MR) is 81.4 cm³/mol. The van der Waals surface area contributed by atoms with Gasteiger partial charge in [0.15, 0.2) is 0 Å².